The molecule has 0 spiro atoms. The lowest BCUT2D eigenvalue weighted by molar-refractivity contribution is -0.385. The van der Waals surface area contributed by atoms with Crippen LogP contribution >= 0.6 is 0 Å². The van der Waals surface area contributed by atoms with E-state index in [1.54, 1.807) is 0 Å². The molecule has 0 atom stereocenters. The number of aliphatic hydroxyl groups excluding tert-OH is 1. The number of aromatic nitrogens is 1. The van der Waals surface area contributed by atoms with E-state index >= 15 is 0 Å². The molecule has 2 N–H and O–H groups in total. The van der Waals surface area contributed by atoms with Crippen LogP contribution in [-0.4, -0.2) is 33.7 Å². The molecular weight excluding hydrogens is 230 g/mol. The normalized spacial score (nSPS) is 9.94. The summed E-state index contributed by atoms with van der Waals surface area (Å²) >= 11 is 0. The third-order valence-corrected chi connectivity index (χ3v) is 1.93. The van der Waals surface area contributed by atoms with E-state index in [4.69, 9.17) is 5.11 Å². The van der Waals surface area contributed by atoms with Gasteiger partial charge >= 0.3 is 0 Å². The quantitative estimate of drug-likeness (QED) is 0.499. The molecule has 1 amide bonds. The van der Waals surface area contributed by atoms with Crippen LogP contribution in [0.4, 0.5) is 5.69 Å². The minimum atomic E-state index is -0.651. The third kappa shape index (κ3) is 3.68. The highest BCUT2D eigenvalue weighted by Gasteiger charge is 2.10. The van der Waals surface area contributed by atoms with Crippen LogP contribution in [0.1, 0.15) is 0 Å². The van der Waals surface area contributed by atoms with E-state index < -0.39 is 16.4 Å². The van der Waals surface area contributed by atoms with Gasteiger partial charge in [-0.2, -0.15) is 0 Å². The Kier molecular flexibility index (Phi) is 4.35. The van der Waals surface area contributed by atoms with Gasteiger partial charge in [0.15, 0.2) is 0 Å². The highest BCUT2D eigenvalue weighted by atomic mass is 16.6. The number of amides is 1. The predicted octanol–water partition coefficient (Wildman–Crippen LogP) is -1.14. The number of aliphatic hydroxyl groups is 1. The zero-order valence-corrected chi connectivity index (χ0v) is 8.83. The Hall–Kier alpha value is -2.22. The maximum atomic E-state index is 11.3. The molecule has 8 heteroatoms. The second-order valence-corrected chi connectivity index (χ2v) is 3.18. The lowest BCUT2D eigenvalue weighted by Crippen LogP contribution is -2.33. The average Bonchev–Trinajstić information content (AvgIpc) is 2.29. The number of nitro groups is 1. The van der Waals surface area contributed by atoms with Gasteiger partial charge in [0.2, 0.25) is 5.91 Å². The number of pyridine rings is 1. The molecule has 0 aliphatic heterocycles. The zero-order valence-electron chi connectivity index (χ0n) is 8.83. The molecule has 17 heavy (non-hydrogen) atoms. The number of carbonyl (C=O) groups excluding carboxylic acids is 1. The summed E-state index contributed by atoms with van der Waals surface area (Å²) in [7, 11) is 0. The molecule has 1 heterocycles. The van der Waals surface area contributed by atoms with Crippen molar-refractivity contribution in [1.29, 1.82) is 0 Å². The number of rotatable bonds is 5. The van der Waals surface area contributed by atoms with E-state index in [1.165, 1.54) is 0 Å². The van der Waals surface area contributed by atoms with Crippen molar-refractivity contribution >= 4 is 11.6 Å². The Morgan fingerprint density at radius 2 is 2.24 bits per heavy atom. The molecule has 8 nitrogen and oxygen atoms in total. The summed E-state index contributed by atoms with van der Waals surface area (Å²) < 4.78 is 0.935. The van der Waals surface area contributed by atoms with Gasteiger partial charge in [0.05, 0.1) is 17.7 Å². The largest absolute Gasteiger partial charge is 0.395 e. The predicted molar refractivity (Wildman–Crippen MR) is 57.5 cm³/mol. The molecule has 0 saturated carbocycles. The topological polar surface area (TPSA) is 114 Å². The molecule has 1 aromatic rings. The summed E-state index contributed by atoms with van der Waals surface area (Å²) in [6, 6.07) is 2.10. The van der Waals surface area contributed by atoms with Crippen molar-refractivity contribution in [3.63, 3.8) is 0 Å². The average molecular weight is 241 g/mol. The van der Waals surface area contributed by atoms with Crippen molar-refractivity contribution in [1.82, 2.24) is 9.88 Å². The van der Waals surface area contributed by atoms with Crippen molar-refractivity contribution in [2.24, 2.45) is 0 Å². The summed E-state index contributed by atoms with van der Waals surface area (Å²) in [6.45, 7) is -0.460. The van der Waals surface area contributed by atoms with E-state index in [0.717, 1.165) is 22.9 Å². The van der Waals surface area contributed by atoms with Crippen LogP contribution in [0.2, 0.25) is 0 Å². The summed E-state index contributed by atoms with van der Waals surface area (Å²) in [4.78, 5) is 32.4. The molecule has 0 radical (unpaired) electrons. The van der Waals surface area contributed by atoms with Gasteiger partial charge < -0.3 is 10.4 Å². The Morgan fingerprint density at radius 3 is 2.82 bits per heavy atom. The number of carbonyl (C=O) groups is 1. The fourth-order valence-electron chi connectivity index (χ4n) is 1.16. The standard InChI is InChI=1S/C9H11N3O5/c13-4-3-10-8(14)6-11-5-7(12(16)17)1-2-9(11)15/h1-2,5,13H,3-4,6H2,(H,10,14). The van der Waals surface area contributed by atoms with Crippen LogP contribution in [0, 0.1) is 10.1 Å². The summed E-state index contributed by atoms with van der Waals surface area (Å²) in [5.41, 5.74) is -0.769. The Bertz CT molecular complexity index is 482. The monoisotopic (exact) mass is 241 g/mol. The second kappa shape index (κ2) is 5.75. The molecule has 0 saturated heterocycles. The van der Waals surface area contributed by atoms with E-state index in [1.807, 2.05) is 0 Å². The first-order valence-corrected chi connectivity index (χ1v) is 4.77. The number of nitrogens with one attached hydrogen (secondary N) is 1. The number of hydrogen-bond acceptors (Lipinski definition) is 5. The maximum Gasteiger partial charge on any atom is 0.285 e. The molecule has 0 aliphatic carbocycles. The molecule has 0 unspecified atom stereocenters. The van der Waals surface area contributed by atoms with E-state index in [2.05, 4.69) is 5.32 Å². The smallest absolute Gasteiger partial charge is 0.285 e. The van der Waals surface area contributed by atoms with Gasteiger partial charge in [-0.05, 0) is 0 Å². The highest BCUT2D eigenvalue weighted by molar-refractivity contribution is 5.75. The first kappa shape index (κ1) is 12.8. The van der Waals surface area contributed by atoms with Gasteiger partial charge in [-0.3, -0.25) is 24.3 Å². The Morgan fingerprint density at radius 1 is 1.53 bits per heavy atom. The maximum absolute atomic E-state index is 11.3. The van der Waals surface area contributed by atoms with Crippen LogP contribution in [0.5, 0.6) is 0 Å². The first-order chi connectivity index (χ1) is 8.04. The molecule has 92 valence electrons. The van der Waals surface area contributed by atoms with Gasteiger partial charge in [0.25, 0.3) is 11.2 Å². The molecule has 0 aromatic carbocycles. The van der Waals surface area contributed by atoms with Crippen molar-refractivity contribution in [3.05, 3.63) is 38.8 Å². The zero-order chi connectivity index (χ0) is 12.8. The lowest BCUT2D eigenvalue weighted by Gasteiger charge is -2.05. The number of nitrogens with zero attached hydrogens (tertiary/aromatic N) is 2. The van der Waals surface area contributed by atoms with Gasteiger partial charge in [-0.25, -0.2) is 0 Å². The van der Waals surface area contributed by atoms with Crippen molar-refractivity contribution in [2.45, 2.75) is 6.54 Å². The fraction of sp³-hybridized carbons (Fsp3) is 0.333. The first-order valence-electron chi connectivity index (χ1n) is 4.77. The molecule has 1 rings (SSSR count). The minimum Gasteiger partial charge on any atom is -0.395 e. The van der Waals surface area contributed by atoms with Crippen molar-refractivity contribution in [3.8, 4) is 0 Å². The van der Waals surface area contributed by atoms with Crippen LogP contribution in [0.25, 0.3) is 0 Å². The van der Waals surface area contributed by atoms with Crippen LogP contribution in [-0.2, 0) is 11.3 Å². The molecule has 0 bridgehead atoms. The fourth-order valence-corrected chi connectivity index (χ4v) is 1.16. The van der Waals surface area contributed by atoms with Gasteiger partial charge in [0, 0.05) is 18.7 Å². The molecular formula is C9H11N3O5. The van der Waals surface area contributed by atoms with E-state index in [-0.39, 0.29) is 25.4 Å². The van der Waals surface area contributed by atoms with Gasteiger partial charge in [-0.1, -0.05) is 0 Å². The van der Waals surface area contributed by atoms with Crippen molar-refractivity contribution in [2.75, 3.05) is 13.2 Å². The van der Waals surface area contributed by atoms with Crippen molar-refractivity contribution < 1.29 is 14.8 Å². The minimum absolute atomic E-state index is 0.0719. The lowest BCUT2D eigenvalue weighted by atomic mass is 10.4. The number of hydrogen-bond donors (Lipinski definition) is 2. The molecule has 1 aromatic heterocycles. The van der Waals surface area contributed by atoms with Gasteiger partial charge in [-0.15, -0.1) is 0 Å². The SMILES string of the molecule is O=C(Cn1cc([N+](=O)[O-])ccc1=O)NCCO. The molecule has 0 fully saturated rings. The van der Waals surface area contributed by atoms with Crippen LogP contribution < -0.4 is 10.9 Å². The van der Waals surface area contributed by atoms with Gasteiger partial charge in [0.1, 0.15) is 6.54 Å². The Labute approximate surface area is 95.6 Å². The van der Waals surface area contributed by atoms with Crippen LogP contribution in [0.3, 0.4) is 0 Å². The summed E-state index contributed by atoms with van der Waals surface area (Å²) in [5, 5.41) is 21.3. The summed E-state index contributed by atoms with van der Waals surface area (Å²) in [6.07, 6.45) is 1.00. The summed E-state index contributed by atoms with van der Waals surface area (Å²) in [5.74, 6) is -0.498. The Balaban J connectivity index is 2.83. The third-order valence-electron chi connectivity index (χ3n) is 1.93. The second-order valence-electron chi connectivity index (χ2n) is 3.18. The molecule has 0 aliphatic rings. The van der Waals surface area contributed by atoms with Crippen LogP contribution in [0.15, 0.2) is 23.1 Å². The van der Waals surface area contributed by atoms with E-state index in [9.17, 15) is 19.7 Å². The van der Waals surface area contributed by atoms with E-state index in [0.29, 0.717) is 0 Å². The highest BCUT2D eigenvalue weighted by Crippen LogP contribution is 2.05.